The van der Waals surface area contributed by atoms with Crippen LogP contribution in [0.5, 0.6) is 0 Å². The van der Waals surface area contributed by atoms with Gasteiger partial charge in [-0.1, -0.05) is 0 Å². The molecule has 0 fully saturated rings. The monoisotopic (exact) mass is 195 g/mol. The van der Waals surface area contributed by atoms with E-state index >= 15 is 0 Å². The summed E-state index contributed by atoms with van der Waals surface area (Å²) >= 11 is 0. The number of nitrogens with two attached hydrogens (primary N) is 1. The Morgan fingerprint density at radius 1 is 1.43 bits per heavy atom. The molecule has 0 amide bonds. The molecule has 0 radical (unpaired) electrons. The number of hydrogen-bond acceptors (Lipinski definition) is 4. The third-order valence-electron chi connectivity index (χ3n) is 2.00. The molecule has 0 aliphatic carbocycles. The molecule has 14 heavy (non-hydrogen) atoms. The first-order valence-electron chi connectivity index (χ1n) is 4.77. The number of methoxy groups -OCH3 is 1. The van der Waals surface area contributed by atoms with E-state index in [0.29, 0.717) is 5.82 Å². The highest BCUT2D eigenvalue weighted by atomic mass is 16.5. The summed E-state index contributed by atoms with van der Waals surface area (Å²) < 4.78 is 4.95. The van der Waals surface area contributed by atoms with Crippen LogP contribution in [0, 0.1) is 6.92 Å². The first-order chi connectivity index (χ1) is 6.74. The molecule has 1 atom stereocenters. The number of nitrogens with zero attached hydrogens (tertiary/aromatic N) is 2. The number of hydrogen-bond donors (Lipinski definition) is 1. The molecule has 78 valence electrons. The lowest BCUT2D eigenvalue weighted by Gasteiger charge is -2.09. The van der Waals surface area contributed by atoms with E-state index in [4.69, 9.17) is 10.5 Å². The molecule has 0 aliphatic heterocycles. The maximum absolute atomic E-state index is 5.91. The fourth-order valence-corrected chi connectivity index (χ4v) is 1.17. The Labute approximate surface area is 84.5 Å². The molecule has 0 aliphatic rings. The molecular formula is C10H17N3O. The predicted molar refractivity (Wildman–Crippen MR) is 54.8 cm³/mol. The number of rotatable bonds is 5. The van der Waals surface area contributed by atoms with Gasteiger partial charge in [0.15, 0.2) is 0 Å². The van der Waals surface area contributed by atoms with Gasteiger partial charge in [-0.2, -0.15) is 0 Å². The zero-order valence-electron chi connectivity index (χ0n) is 8.73. The van der Waals surface area contributed by atoms with Crippen molar-refractivity contribution in [1.29, 1.82) is 0 Å². The summed E-state index contributed by atoms with van der Waals surface area (Å²) in [7, 11) is 1.69. The maximum atomic E-state index is 5.91. The van der Waals surface area contributed by atoms with Gasteiger partial charge in [0.1, 0.15) is 5.82 Å². The second kappa shape index (κ2) is 5.67. The third kappa shape index (κ3) is 3.40. The van der Waals surface area contributed by atoms with Crippen LogP contribution in [0.15, 0.2) is 12.4 Å². The van der Waals surface area contributed by atoms with Gasteiger partial charge in [-0.15, -0.1) is 0 Å². The van der Waals surface area contributed by atoms with Crippen LogP contribution in [0.25, 0.3) is 0 Å². The fraction of sp³-hybridized carbons (Fsp3) is 0.600. The minimum atomic E-state index is -0.0780. The van der Waals surface area contributed by atoms with E-state index in [1.165, 1.54) is 0 Å². The number of aromatic nitrogens is 2. The highest BCUT2D eigenvalue weighted by molar-refractivity contribution is 5.04. The Balaban J connectivity index is 2.43. The van der Waals surface area contributed by atoms with Gasteiger partial charge in [0.2, 0.25) is 0 Å². The van der Waals surface area contributed by atoms with Crippen LogP contribution in [0.4, 0.5) is 0 Å². The van der Waals surface area contributed by atoms with Crippen molar-refractivity contribution in [2.24, 2.45) is 5.73 Å². The summed E-state index contributed by atoms with van der Waals surface area (Å²) in [6.07, 6.45) is 5.38. The van der Waals surface area contributed by atoms with Gasteiger partial charge >= 0.3 is 0 Å². The molecule has 4 heteroatoms. The van der Waals surface area contributed by atoms with Crippen molar-refractivity contribution in [3.8, 4) is 0 Å². The Kier molecular flexibility index (Phi) is 4.49. The Bertz CT molecular complexity index is 261. The van der Waals surface area contributed by atoms with E-state index in [-0.39, 0.29) is 6.04 Å². The molecular weight excluding hydrogens is 178 g/mol. The van der Waals surface area contributed by atoms with E-state index in [1.807, 2.05) is 6.92 Å². The van der Waals surface area contributed by atoms with Gasteiger partial charge < -0.3 is 10.5 Å². The van der Waals surface area contributed by atoms with Crippen LogP contribution in [-0.2, 0) is 4.74 Å². The molecule has 1 unspecified atom stereocenters. The smallest absolute Gasteiger partial charge is 0.144 e. The van der Waals surface area contributed by atoms with E-state index in [9.17, 15) is 0 Å². The van der Waals surface area contributed by atoms with Crippen LogP contribution >= 0.6 is 0 Å². The molecule has 0 spiro atoms. The molecule has 1 aromatic heterocycles. The first kappa shape index (κ1) is 11.1. The highest BCUT2D eigenvalue weighted by Crippen LogP contribution is 2.10. The highest BCUT2D eigenvalue weighted by Gasteiger charge is 2.07. The van der Waals surface area contributed by atoms with Gasteiger partial charge in [-0.3, -0.25) is 0 Å². The zero-order valence-corrected chi connectivity index (χ0v) is 8.73. The minimum Gasteiger partial charge on any atom is -0.385 e. The van der Waals surface area contributed by atoms with Crippen LogP contribution in [0.3, 0.4) is 0 Å². The minimum absolute atomic E-state index is 0.0780. The average molecular weight is 195 g/mol. The molecule has 0 saturated heterocycles. The van der Waals surface area contributed by atoms with Gasteiger partial charge in [0, 0.05) is 26.1 Å². The van der Waals surface area contributed by atoms with Gasteiger partial charge in [-0.25, -0.2) is 9.97 Å². The molecule has 2 N–H and O–H groups in total. The summed E-state index contributed by atoms with van der Waals surface area (Å²) in [5.74, 6) is 0.715. The SMILES string of the molecule is COCCCC(N)c1ncc(C)cn1. The molecule has 0 aromatic carbocycles. The van der Waals surface area contributed by atoms with Crippen molar-refractivity contribution in [2.45, 2.75) is 25.8 Å². The van der Waals surface area contributed by atoms with Crippen molar-refractivity contribution < 1.29 is 4.74 Å². The summed E-state index contributed by atoms with van der Waals surface area (Å²) in [5.41, 5.74) is 6.96. The second-order valence-corrected chi connectivity index (χ2v) is 3.36. The lowest BCUT2D eigenvalue weighted by atomic mass is 10.1. The average Bonchev–Trinajstić information content (AvgIpc) is 2.19. The van der Waals surface area contributed by atoms with Gasteiger partial charge in [0.25, 0.3) is 0 Å². The van der Waals surface area contributed by atoms with Crippen LogP contribution in [0.2, 0.25) is 0 Å². The van der Waals surface area contributed by atoms with Crippen molar-refractivity contribution in [3.63, 3.8) is 0 Å². The molecule has 0 saturated carbocycles. The third-order valence-corrected chi connectivity index (χ3v) is 2.00. The molecule has 1 heterocycles. The standard InChI is InChI=1S/C10H17N3O/c1-8-6-12-10(13-7-8)9(11)4-3-5-14-2/h6-7,9H,3-5,11H2,1-2H3. The summed E-state index contributed by atoms with van der Waals surface area (Å²) in [6.45, 7) is 2.69. The summed E-state index contributed by atoms with van der Waals surface area (Å²) in [6, 6.07) is -0.0780. The lowest BCUT2D eigenvalue weighted by Crippen LogP contribution is -2.14. The summed E-state index contributed by atoms with van der Waals surface area (Å²) in [5, 5.41) is 0. The predicted octanol–water partition coefficient (Wildman–Crippen LogP) is 1.21. The fourth-order valence-electron chi connectivity index (χ4n) is 1.17. The van der Waals surface area contributed by atoms with Crippen molar-refractivity contribution in [1.82, 2.24) is 9.97 Å². The van der Waals surface area contributed by atoms with Crippen LogP contribution < -0.4 is 5.73 Å². The van der Waals surface area contributed by atoms with Crippen LogP contribution in [0.1, 0.15) is 30.3 Å². The largest absolute Gasteiger partial charge is 0.385 e. The molecule has 1 aromatic rings. The van der Waals surface area contributed by atoms with Crippen molar-refractivity contribution in [3.05, 3.63) is 23.8 Å². The van der Waals surface area contributed by atoms with Gasteiger partial charge in [-0.05, 0) is 25.3 Å². The normalized spacial score (nSPS) is 12.8. The first-order valence-corrected chi connectivity index (χ1v) is 4.77. The lowest BCUT2D eigenvalue weighted by molar-refractivity contribution is 0.190. The number of aryl methyl sites for hydroxylation is 1. The molecule has 1 rings (SSSR count). The number of ether oxygens (including phenoxy) is 1. The van der Waals surface area contributed by atoms with E-state index < -0.39 is 0 Å². The van der Waals surface area contributed by atoms with Crippen molar-refractivity contribution in [2.75, 3.05) is 13.7 Å². The Hall–Kier alpha value is -1.00. The Morgan fingerprint density at radius 2 is 2.07 bits per heavy atom. The maximum Gasteiger partial charge on any atom is 0.144 e. The quantitative estimate of drug-likeness (QED) is 0.717. The van der Waals surface area contributed by atoms with Crippen LogP contribution in [-0.4, -0.2) is 23.7 Å². The topological polar surface area (TPSA) is 61.0 Å². The van der Waals surface area contributed by atoms with E-state index in [1.54, 1.807) is 19.5 Å². The van der Waals surface area contributed by atoms with E-state index in [2.05, 4.69) is 9.97 Å². The molecule has 4 nitrogen and oxygen atoms in total. The summed E-state index contributed by atoms with van der Waals surface area (Å²) in [4.78, 5) is 8.36. The Morgan fingerprint density at radius 3 is 2.64 bits per heavy atom. The van der Waals surface area contributed by atoms with Crippen molar-refractivity contribution >= 4 is 0 Å². The van der Waals surface area contributed by atoms with Gasteiger partial charge in [0.05, 0.1) is 6.04 Å². The second-order valence-electron chi connectivity index (χ2n) is 3.36. The van der Waals surface area contributed by atoms with E-state index in [0.717, 1.165) is 25.0 Å². The molecule has 0 bridgehead atoms. The zero-order chi connectivity index (χ0) is 10.4.